The van der Waals surface area contributed by atoms with Crippen molar-refractivity contribution in [1.29, 1.82) is 0 Å². The van der Waals surface area contributed by atoms with Crippen molar-refractivity contribution in [2.45, 2.75) is 50.8 Å². The molecule has 1 atom stereocenters. The Balaban J connectivity index is 2.23. The van der Waals surface area contributed by atoms with Gasteiger partial charge in [0.1, 0.15) is 6.04 Å². The molecule has 9 nitrogen and oxygen atoms in total. The van der Waals surface area contributed by atoms with Gasteiger partial charge in [-0.05, 0) is 45.0 Å². The van der Waals surface area contributed by atoms with E-state index in [2.05, 4.69) is 9.64 Å². The van der Waals surface area contributed by atoms with Gasteiger partial charge in [-0.3, -0.25) is 14.5 Å². The van der Waals surface area contributed by atoms with Gasteiger partial charge in [-0.2, -0.15) is 0 Å². The van der Waals surface area contributed by atoms with Crippen LogP contribution in [0.2, 0.25) is 0 Å². The van der Waals surface area contributed by atoms with Gasteiger partial charge in [0.25, 0.3) is 0 Å². The summed E-state index contributed by atoms with van der Waals surface area (Å²) in [5, 5.41) is -0.678. The van der Waals surface area contributed by atoms with Crippen molar-refractivity contribution in [3.63, 3.8) is 0 Å². The molecule has 0 aliphatic carbocycles. The molecular formula is C18H32N2O7S. The van der Waals surface area contributed by atoms with Crippen LogP contribution in [0.1, 0.15) is 40.0 Å². The third-order valence-corrected chi connectivity index (χ3v) is 5.32. The minimum Gasteiger partial charge on any atom is -0.464 e. The summed E-state index contributed by atoms with van der Waals surface area (Å²) in [7, 11) is 0. The first-order chi connectivity index (χ1) is 13.3. The van der Waals surface area contributed by atoms with Crippen LogP contribution in [-0.4, -0.2) is 79.2 Å². The summed E-state index contributed by atoms with van der Waals surface area (Å²) in [5.41, 5.74) is 5.96. The minimum atomic E-state index is -0.998. The Morgan fingerprint density at radius 3 is 2.46 bits per heavy atom. The molecule has 10 heteroatoms. The molecule has 0 aromatic rings. The van der Waals surface area contributed by atoms with E-state index in [9.17, 15) is 14.4 Å². The highest BCUT2D eigenvalue weighted by molar-refractivity contribution is 8.14. The number of morpholine rings is 1. The summed E-state index contributed by atoms with van der Waals surface area (Å²) < 4.78 is 19.1. The molecule has 1 saturated heterocycles. The summed E-state index contributed by atoms with van der Waals surface area (Å²) in [6, 6.07) is -0.998. The van der Waals surface area contributed by atoms with Crippen molar-refractivity contribution in [3.8, 4) is 0 Å². The normalized spacial score (nSPS) is 16.3. The van der Waals surface area contributed by atoms with Gasteiger partial charge in [-0.15, -0.1) is 0 Å². The second-order valence-corrected chi connectivity index (χ2v) is 8.48. The molecule has 0 saturated carbocycles. The molecule has 28 heavy (non-hydrogen) atoms. The molecule has 0 bridgehead atoms. The van der Waals surface area contributed by atoms with Crippen LogP contribution in [0.4, 0.5) is 4.79 Å². The van der Waals surface area contributed by atoms with Gasteiger partial charge in [-0.1, -0.05) is 6.92 Å². The van der Waals surface area contributed by atoms with E-state index in [4.69, 9.17) is 19.9 Å². The Morgan fingerprint density at radius 1 is 1.14 bits per heavy atom. The molecule has 1 aliphatic rings. The van der Waals surface area contributed by atoms with Gasteiger partial charge in [0.2, 0.25) is 6.79 Å². The smallest absolute Gasteiger partial charge is 0.370 e. The molecule has 0 radical (unpaired) electrons. The number of esters is 2. The average molecular weight is 421 g/mol. The molecule has 1 fully saturated rings. The van der Waals surface area contributed by atoms with Gasteiger partial charge in [0, 0.05) is 24.3 Å². The Hall–Kier alpha value is -1.36. The number of carbonyl (C=O) groups is 3. The third kappa shape index (κ3) is 9.72. The van der Waals surface area contributed by atoms with Crippen molar-refractivity contribution in [2.75, 3.05) is 46.2 Å². The van der Waals surface area contributed by atoms with E-state index < -0.39 is 34.8 Å². The third-order valence-electron chi connectivity index (χ3n) is 4.25. The molecule has 2 N–H and O–H groups in total. The number of nitrogens with two attached hydrogens (primary N) is 1. The van der Waals surface area contributed by atoms with Gasteiger partial charge < -0.3 is 24.7 Å². The second kappa shape index (κ2) is 13.0. The summed E-state index contributed by atoms with van der Waals surface area (Å²) in [6.07, 6.45) is 1.86. The van der Waals surface area contributed by atoms with Crippen LogP contribution in [-0.2, 0) is 28.5 Å². The predicted octanol–water partition coefficient (Wildman–Crippen LogP) is 1.53. The fourth-order valence-electron chi connectivity index (χ4n) is 2.36. The van der Waals surface area contributed by atoms with Gasteiger partial charge >= 0.3 is 17.2 Å². The molecule has 0 aromatic heterocycles. The van der Waals surface area contributed by atoms with E-state index in [1.54, 1.807) is 20.8 Å². The van der Waals surface area contributed by atoms with Crippen molar-refractivity contribution in [3.05, 3.63) is 0 Å². The van der Waals surface area contributed by atoms with Crippen LogP contribution in [0.5, 0.6) is 0 Å². The zero-order chi connectivity index (χ0) is 21.0. The SMILES string of the molecule is CCC(=O)OCOC(=O)SC(C)(C)[C@@H](N)C(=O)OCCCCN1CCOCC1. The number of carbonyl (C=O) groups excluding carboxylic acids is 3. The molecule has 1 heterocycles. The summed E-state index contributed by atoms with van der Waals surface area (Å²) in [4.78, 5) is 37.3. The number of hydrogen-bond donors (Lipinski definition) is 1. The number of thioether (sulfide) groups is 1. The fraction of sp³-hybridized carbons (Fsp3) is 0.833. The molecule has 0 aromatic carbocycles. The van der Waals surface area contributed by atoms with Gasteiger partial charge in [0.15, 0.2) is 0 Å². The van der Waals surface area contributed by atoms with E-state index in [0.717, 1.165) is 57.5 Å². The molecular weight excluding hydrogens is 388 g/mol. The Morgan fingerprint density at radius 2 is 1.82 bits per heavy atom. The lowest BCUT2D eigenvalue weighted by molar-refractivity contribution is -0.151. The number of hydrogen-bond acceptors (Lipinski definition) is 10. The van der Waals surface area contributed by atoms with Crippen molar-refractivity contribution >= 4 is 29.0 Å². The maximum Gasteiger partial charge on any atom is 0.370 e. The number of rotatable bonds is 11. The standard InChI is InChI=1S/C18H32N2O7S/c1-4-14(21)26-13-27-17(23)28-18(2,3)15(19)16(22)25-10-6-5-7-20-8-11-24-12-9-20/h15H,4-13,19H2,1-3H3/t15-/m0/s1. The summed E-state index contributed by atoms with van der Waals surface area (Å²) in [6.45, 7) is 9.11. The molecule has 1 rings (SSSR count). The molecule has 0 spiro atoms. The second-order valence-electron chi connectivity index (χ2n) is 6.89. The first kappa shape index (κ1) is 24.7. The number of nitrogens with zero attached hydrogens (tertiary/aromatic N) is 1. The molecule has 0 unspecified atom stereocenters. The maximum absolute atomic E-state index is 12.2. The Bertz CT molecular complexity index is 510. The van der Waals surface area contributed by atoms with Gasteiger partial charge in [0.05, 0.1) is 19.8 Å². The predicted molar refractivity (Wildman–Crippen MR) is 105 cm³/mol. The molecule has 162 valence electrons. The van der Waals surface area contributed by atoms with Crippen molar-refractivity contribution < 1.29 is 33.3 Å². The van der Waals surface area contributed by atoms with E-state index in [1.807, 2.05) is 0 Å². The van der Waals surface area contributed by atoms with Crippen LogP contribution in [0.3, 0.4) is 0 Å². The lowest BCUT2D eigenvalue weighted by Crippen LogP contribution is -2.48. The summed E-state index contributed by atoms with van der Waals surface area (Å²) in [5.74, 6) is -1.03. The lowest BCUT2D eigenvalue weighted by Gasteiger charge is -2.28. The highest BCUT2D eigenvalue weighted by Crippen LogP contribution is 2.29. The highest BCUT2D eigenvalue weighted by atomic mass is 32.2. The quantitative estimate of drug-likeness (QED) is 0.299. The topological polar surface area (TPSA) is 117 Å². The van der Waals surface area contributed by atoms with Crippen LogP contribution < -0.4 is 5.73 Å². The van der Waals surface area contributed by atoms with E-state index in [0.29, 0.717) is 0 Å². The van der Waals surface area contributed by atoms with Crippen molar-refractivity contribution in [2.24, 2.45) is 5.73 Å². The average Bonchev–Trinajstić information content (AvgIpc) is 2.67. The highest BCUT2D eigenvalue weighted by Gasteiger charge is 2.37. The van der Waals surface area contributed by atoms with E-state index in [-0.39, 0.29) is 13.0 Å². The molecule has 0 amide bonds. The van der Waals surface area contributed by atoms with Crippen molar-refractivity contribution in [1.82, 2.24) is 4.90 Å². The molecule has 1 aliphatic heterocycles. The van der Waals surface area contributed by atoms with Crippen LogP contribution in [0.15, 0.2) is 0 Å². The Labute approximate surface area is 170 Å². The Kier molecular flexibility index (Phi) is 11.4. The van der Waals surface area contributed by atoms with E-state index >= 15 is 0 Å². The lowest BCUT2D eigenvalue weighted by atomic mass is 10.0. The summed E-state index contributed by atoms with van der Waals surface area (Å²) >= 11 is 0.763. The van der Waals surface area contributed by atoms with Crippen LogP contribution in [0.25, 0.3) is 0 Å². The monoisotopic (exact) mass is 420 g/mol. The minimum absolute atomic E-state index is 0.194. The fourth-order valence-corrected chi connectivity index (χ4v) is 3.12. The van der Waals surface area contributed by atoms with E-state index in [1.165, 1.54) is 0 Å². The van der Waals surface area contributed by atoms with Crippen LogP contribution >= 0.6 is 11.8 Å². The van der Waals surface area contributed by atoms with Crippen LogP contribution in [0, 0.1) is 0 Å². The number of ether oxygens (including phenoxy) is 4. The van der Waals surface area contributed by atoms with Gasteiger partial charge in [-0.25, -0.2) is 4.79 Å². The first-order valence-corrected chi connectivity index (χ1v) is 10.3. The first-order valence-electron chi connectivity index (χ1n) is 9.50. The maximum atomic E-state index is 12.2. The largest absolute Gasteiger partial charge is 0.464 e. The zero-order valence-corrected chi connectivity index (χ0v) is 17.8. The zero-order valence-electron chi connectivity index (χ0n) is 16.9. The number of unbranched alkanes of at least 4 members (excludes halogenated alkanes) is 1.